The Morgan fingerprint density at radius 2 is 2.07 bits per heavy atom. The minimum absolute atomic E-state index is 0.0126. The first-order valence-corrected chi connectivity index (χ1v) is 3.88. The highest BCUT2D eigenvalue weighted by Crippen LogP contribution is 2.23. The summed E-state index contributed by atoms with van der Waals surface area (Å²) >= 11 is 5.44. The molecule has 7 heteroatoms. The van der Waals surface area contributed by atoms with Crippen LogP contribution in [0.5, 0.6) is 5.88 Å². The molecule has 1 rings (SSSR count). The molecular formula is C7H6ClF3N2O. The van der Waals surface area contributed by atoms with Gasteiger partial charge in [0, 0.05) is 0 Å². The fourth-order valence-electron chi connectivity index (χ4n) is 0.694. The third-order valence-electron chi connectivity index (χ3n) is 1.23. The number of pyridine rings is 1. The van der Waals surface area contributed by atoms with Gasteiger partial charge >= 0.3 is 6.18 Å². The molecule has 78 valence electrons. The largest absolute Gasteiger partial charge is 0.467 e. The van der Waals surface area contributed by atoms with Crippen LogP contribution in [0.2, 0.25) is 5.15 Å². The molecule has 3 nitrogen and oxygen atoms in total. The molecule has 0 fully saturated rings. The van der Waals surface area contributed by atoms with Gasteiger partial charge < -0.3 is 10.5 Å². The molecule has 0 saturated carbocycles. The van der Waals surface area contributed by atoms with E-state index >= 15 is 0 Å². The van der Waals surface area contributed by atoms with Gasteiger partial charge in [0.2, 0.25) is 5.88 Å². The zero-order valence-electron chi connectivity index (χ0n) is 6.81. The number of hydrogen-bond donors (Lipinski definition) is 1. The van der Waals surface area contributed by atoms with Crippen molar-refractivity contribution >= 4 is 17.3 Å². The maximum absolute atomic E-state index is 11.7. The van der Waals surface area contributed by atoms with Crippen molar-refractivity contribution in [2.75, 3.05) is 12.3 Å². The summed E-state index contributed by atoms with van der Waals surface area (Å²) in [6.45, 7) is -1.44. The quantitative estimate of drug-likeness (QED) is 0.787. The highest BCUT2D eigenvalue weighted by Gasteiger charge is 2.29. The van der Waals surface area contributed by atoms with Crippen LogP contribution in [0.4, 0.5) is 18.9 Å². The molecule has 0 atom stereocenters. The van der Waals surface area contributed by atoms with Crippen LogP contribution in [0.25, 0.3) is 0 Å². The van der Waals surface area contributed by atoms with Gasteiger partial charge in [-0.2, -0.15) is 18.2 Å². The molecule has 0 aliphatic rings. The second kappa shape index (κ2) is 3.91. The summed E-state index contributed by atoms with van der Waals surface area (Å²) in [4.78, 5) is 3.49. The number of rotatable bonds is 2. The molecule has 1 aromatic heterocycles. The molecule has 0 radical (unpaired) electrons. The summed E-state index contributed by atoms with van der Waals surface area (Å²) in [5, 5.41) is 0.0244. The molecule has 0 aliphatic heterocycles. The second-order valence-corrected chi connectivity index (χ2v) is 2.82. The number of hydrogen-bond acceptors (Lipinski definition) is 3. The van der Waals surface area contributed by atoms with E-state index in [1.54, 1.807) is 0 Å². The summed E-state index contributed by atoms with van der Waals surface area (Å²) < 4.78 is 39.6. The monoisotopic (exact) mass is 226 g/mol. The Morgan fingerprint density at radius 1 is 1.43 bits per heavy atom. The van der Waals surface area contributed by atoms with Crippen molar-refractivity contribution in [3.63, 3.8) is 0 Å². The molecule has 0 unspecified atom stereocenters. The Labute approximate surface area is 82.6 Å². The molecule has 2 N–H and O–H groups in total. The van der Waals surface area contributed by atoms with E-state index in [4.69, 9.17) is 17.3 Å². The van der Waals surface area contributed by atoms with E-state index in [0.717, 1.165) is 0 Å². The smallest absolute Gasteiger partial charge is 0.422 e. The lowest BCUT2D eigenvalue weighted by molar-refractivity contribution is -0.153. The van der Waals surface area contributed by atoms with Gasteiger partial charge in [0.1, 0.15) is 5.15 Å². The number of halogens is 4. The minimum Gasteiger partial charge on any atom is -0.467 e. The number of aromatic nitrogens is 1. The SMILES string of the molecule is Nc1ccc(Cl)nc1OCC(F)(F)F. The highest BCUT2D eigenvalue weighted by atomic mass is 35.5. The molecule has 1 aromatic rings. The first kappa shape index (κ1) is 10.9. The van der Waals surface area contributed by atoms with Crippen LogP contribution in [0.3, 0.4) is 0 Å². The molecule has 0 amide bonds. The first-order valence-electron chi connectivity index (χ1n) is 3.50. The number of anilines is 1. The number of nitrogen functional groups attached to an aromatic ring is 1. The number of ether oxygens (including phenoxy) is 1. The number of nitrogens with zero attached hydrogens (tertiary/aromatic N) is 1. The molecule has 14 heavy (non-hydrogen) atoms. The van der Waals surface area contributed by atoms with Gasteiger partial charge in [0.15, 0.2) is 6.61 Å². The zero-order chi connectivity index (χ0) is 10.8. The summed E-state index contributed by atoms with van der Waals surface area (Å²) in [5.41, 5.74) is 5.32. The van der Waals surface area contributed by atoms with Crippen molar-refractivity contribution in [3.05, 3.63) is 17.3 Å². The van der Waals surface area contributed by atoms with Gasteiger partial charge in [-0.05, 0) is 12.1 Å². The molecular weight excluding hydrogens is 221 g/mol. The van der Waals surface area contributed by atoms with E-state index in [1.165, 1.54) is 12.1 Å². The van der Waals surface area contributed by atoms with Gasteiger partial charge in [0.05, 0.1) is 5.69 Å². The van der Waals surface area contributed by atoms with E-state index < -0.39 is 12.8 Å². The van der Waals surface area contributed by atoms with Gasteiger partial charge in [-0.1, -0.05) is 11.6 Å². The van der Waals surface area contributed by atoms with Crippen LogP contribution in [0, 0.1) is 0 Å². The van der Waals surface area contributed by atoms with Crippen molar-refractivity contribution in [2.24, 2.45) is 0 Å². The first-order chi connectivity index (χ1) is 6.38. The van der Waals surface area contributed by atoms with E-state index in [-0.39, 0.29) is 16.7 Å². The standard InChI is InChI=1S/C7H6ClF3N2O/c8-5-2-1-4(12)6(13-5)14-3-7(9,10)11/h1-2H,3,12H2. The van der Waals surface area contributed by atoms with Gasteiger partial charge in [-0.25, -0.2) is 0 Å². The predicted molar refractivity (Wildman–Crippen MR) is 45.2 cm³/mol. The Hall–Kier alpha value is -1.17. The number of alkyl halides is 3. The lowest BCUT2D eigenvalue weighted by atomic mass is 10.4. The third kappa shape index (κ3) is 3.29. The van der Waals surface area contributed by atoms with Crippen molar-refractivity contribution in [3.8, 4) is 5.88 Å². The Morgan fingerprint density at radius 3 is 2.64 bits per heavy atom. The summed E-state index contributed by atoms with van der Waals surface area (Å²) in [6, 6.07) is 2.68. The Kier molecular flexibility index (Phi) is 3.05. The Balaban J connectivity index is 2.72. The summed E-state index contributed by atoms with van der Waals surface area (Å²) in [6.07, 6.45) is -4.42. The lowest BCUT2D eigenvalue weighted by Gasteiger charge is -2.09. The van der Waals surface area contributed by atoms with E-state index in [0.29, 0.717) is 0 Å². The van der Waals surface area contributed by atoms with E-state index in [9.17, 15) is 13.2 Å². The maximum atomic E-state index is 11.7. The van der Waals surface area contributed by atoms with Crippen LogP contribution in [0.15, 0.2) is 12.1 Å². The van der Waals surface area contributed by atoms with Crippen LogP contribution in [-0.2, 0) is 0 Å². The molecule has 0 spiro atoms. The van der Waals surface area contributed by atoms with Gasteiger partial charge in [0.25, 0.3) is 0 Å². The predicted octanol–water partition coefficient (Wildman–Crippen LogP) is 2.26. The average molecular weight is 227 g/mol. The zero-order valence-corrected chi connectivity index (χ0v) is 7.56. The van der Waals surface area contributed by atoms with Crippen molar-refractivity contribution in [1.82, 2.24) is 4.98 Å². The van der Waals surface area contributed by atoms with Crippen molar-refractivity contribution in [2.45, 2.75) is 6.18 Å². The van der Waals surface area contributed by atoms with Gasteiger partial charge in [-0.3, -0.25) is 0 Å². The van der Waals surface area contributed by atoms with E-state index in [1.807, 2.05) is 0 Å². The highest BCUT2D eigenvalue weighted by molar-refractivity contribution is 6.29. The van der Waals surface area contributed by atoms with Crippen molar-refractivity contribution in [1.29, 1.82) is 0 Å². The van der Waals surface area contributed by atoms with Crippen LogP contribution in [-0.4, -0.2) is 17.8 Å². The lowest BCUT2D eigenvalue weighted by Crippen LogP contribution is -2.20. The summed E-state index contributed by atoms with van der Waals surface area (Å²) in [7, 11) is 0. The van der Waals surface area contributed by atoms with Crippen molar-refractivity contribution < 1.29 is 17.9 Å². The Bertz CT molecular complexity index is 329. The third-order valence-corrected chi connectivity index (χ3v) is 1.44. The number of nitrogens with two attached hydrogens (primary N) is 1. The second-order valence-electron chi connectivity index (χ2n) is 2.43. The topological polar surface area (TPSA) is 48.1 Å². The minimum atomic E-state index is -4.42. The maximum Gasteiger partial charge on any atom is 0.422 e. The molecule has 0 saturated heterocycles. The van der Waals surface area contributed by atoms with Gasteiger partial charge in [-0.15, -0.1) is 0 Å². The van der Waals surface area contributed by atoms with Crippen LogP contribution >= 0.6 is 11.6 Å². The molecule has 0 aliphatic carbocycles. The molecule has 0 bridgehead atoms. The van der Waals surface area contributed by atoms with Crippen LogP contribution < -0.4 is 10.5 Å². The molecule has 0 aromatic carbocycles. The van der Waals surface area contributed by atoms with E-state index in [2.05, 4.69) is 9.72 Å². The average Bonchev–Trinajstić information content (AvgIpc) is 2.05. The fraction of sp³-hybridized carbons (Fsp3) is 0.286. The van der Waals surface area contributed by atoms with Crippen LogP contribution in [0.1, 0.15) is 0 Å². The molecule has 1 heterocycles. The normalized spacial score (nSPS) is 11.4. The summed E-state index contributed by atoms with van der Waals surface area (Å²) in [5.74, 6) is -0.310. The fourth-order valence-corrected chi connectivity index (χ4v) is 0.834.